The van der Waals surface area contributed by atoms with E-state index in [0.29, 0.717) is 13.2 Å². The summed E-state index contributed by atoms with van der Waals surface area (Å²) in [4.78, 5) is 13.9. The molecule has 1 N–H and O–H groups in total. The highest BCUT2D eigenvalue weighted by molar-refractivity contribution is 5.88. The molecule has 5 rings (SSSR count). The highest BCUT2D eigenvalue weighted by Crippen LogP contribution is 2.38. The summed E-state index contributed by atoms with van der Waals surface area (Å²) in [6.45, 7) is 1.40. The van der Waals surface area contributed by atoms with Crippen LogP contribution in [0.3, 0.4) is 0 Å². The van der Waals surface area contributed by atoms with Gasteiger partial charge in [-0.15, -0.1) is 0 Å². The van der Waals surface area contributed by atoms with Gasteiger partial charge in [0.1, 0.15) is 18.1 Å². The Morgan fingerprint density at radius 3 is 2.36 bits per heavy atom. The summed E-state index contributed by atoms with van der Waals surface area (Å²) >= 11 is 0. The number of carboxylic acids is 1. The molecule has 0 amide bonds. The van der Waals surface area contributed by atoms with E-state index in [4.69, 9.17) is 14.2 Å². The minimum absolute atomic E-state index is 0.256. The lowest BCUT2D eigenvalue weighted by Crippen LogP contribution is -2.26. The minimum atomic E-state index is -0.974. The number of rotatable bonds is 11. The number of hydrogen-bond acceptors (Lipinski definition) is 5. The molecule has 0 aliphatic carbocycles. The molecule has 1 heterocycles. The van der Waals surface area contributed by atoms with E-state index in [1.165, 1.54) is 0 Å². The Labute approximate surface area is 228 Å². The Hall–Kier alpha value is -4.55. The van der Waals surface area contributed by atoms with Crippen molar-refractivity contribution >= 4 is 17.7 Å². The summed E-state index contributed by atoms with van der Waals surface area (Å²) in [5.41, 5.74) is 6.33. The van der Waals surface area contributed by atoms with Gasteiger partial charge in [-0.25, -0.2) is 4.79 Å². The molecule has 39 heavy (non-hydrogen) atoms. The zero-order chi connectivity index (χ0) is 27.0. The summed E-state index contributed by atoms with van der Waals surface area (Å²) in [5, 5.41) is 9.61. The molecule has 6 nitrogen and oxygen atoms in total. The van der Waals surface area contributed by atoms with Crippen LogP contribution >= 0.6 is 0 Å². The summed E-state index contributed by atoms with van der Waals surface area (Å²) < 4.78 is 17.2. The number of para-hydroxylation sites is 1. The van der Waals surface area contributed by atoms with Crippen LogP contribution in [0.4, 0.5) is 5.69 Å². The van der Waals surface area contributed by atoms with Crippen LogP contribution in [0.2, 0.25) is 0 Å². The third-order valence-electron chi connectivity index (χ3n) is 6.71. The molecule has 0 saturated carbocycles. The van der Waals surface area contributed by atoms with Crippen molar-refractivity contribution in [3.05, 3.63) is 120 Å². The standard InChI is InChI=1S/C33H31NO5/c1-37-28-16-13-26-17-18-34(31-10-6-5-9-29(31)30(26)22-28)19-20-38-27-14-11-24(12-15-27)21-32(33(35)36)39-23-25-7-3-2-4-8-25/h2-18,22,32H,19-21,23H2,1H3,(H,35,36). The van der Waals surface area contributed by atoms with E-state index in [1.807, 2.05) is 72.8 Å². The normalized spacial score (nSPS) is 12.7. The third-order valence-corrected chi connectivity index (χ3v) is 6.71. The maximum atomic E-state index is 11.7. The first kappa shape index (κ1) is 26.1. The molecule has 0 saturated heterocycles. The SMILES string of the molecule is COc1ccc2c(c1)-c1ccccc1N(CCOc1ccc(CC(OCc3ccccc3)C(=O)O)cc1)C=C2. The molecule has 1 unspecified atom stereocenters. The molecule has 198 valence electrons. The molecule has 1 aliphatic rings. The van der Waals surface area contributed by atoms with Crippen LogP contribution in [0.5, 0.6) is 11.5 Å². The largest absolute Gasteiger partial charge is 0.497 e. The molecule has 1 atom stereocenters. The van der Waals surface area contributed by atoms with Crippen molar-refractivity contribution in [2.24, 2.45) is 0 Å². The van der Waals surface area contributed by atoms with Gasteiger partial charge >= 0.3 is 5.97 Å². The Kier molecular flexibility index (Phi) is 8.24. The second-order valence-electron chi connectivity index (χ2n) is 9.30. The molecule has 0 aromatic heterocycles. The van der Waals surface area contributed by atoms with Crippen molar-refractivity contribution in [1.29, 1.82) is 0 Å². The quantitative estimate of drug-likeness (QED) is 0.245. The van der Waals surface area contributed by atoms with Gasteiger partial charge in [0.15, 0.2) is 6.10 Å². The fourth-order valence-corrected chi connectivity index (χ4v) is 4.62. The van der Waals surface area contributed by atoms with Gasteiger partial charge in [0, 0.05) is 23.9 Å². The van der Waals surface area contributed by atoms with Crippen molar-refractivity contribution in [3.8, 4) is 22.6 Å². The number of fused-ring (bicyclic) bond motifs is 3. The van der Waals surface area contributed by atoms with Crippen LogP contribution in [-0.4, -0.2) is 37.4 Å². The maximum absolute atomic E-state index is 11.7. The van der Waals surface area contributed by atoms with E-state index in [9.17, 15) is 9.90 Å². The number of carbonyl (C=O) groups is 1. The topological polar surface area (TPSA) is 68.2 Å². The van der Waals surface area contributed by atoms with Gasteiger partial charge in [-0.1, -0.05) is 66.7 Å². The lowest BCUT2D eigenvalue weighted by atomic mass is 9.98. The number of carboxylic acid groups (broad SMARTS) is 1. The molecule has 0 fully saturated rings. The van der Waals surface area contributed by atoms with E-state index in [2.05, 4.69) is 41.4 Å². The van der Waals surface area contributed by atoms with Gasteiger partial charge in [-0.05, 0) is 58.7 Å². The van der Waals surface area contributed by atoms with Crippen LogP contribution in [0, 0.1) is 0 Å². The number of anilines is 1. The number of aliphatic carboxylic acids is 1. The van der Waals surface area contributed by atoms with Crippen molar-refractivity contribution in [1.82, 2.24) is 0 Å². The molecule has 0 radical (unpaired) electrons. The predicted octanol–water partition coefficient (Wildman–Crippen LogP) is 6.44. The lowest BCUT2D eigenvalue weighted by Gasteiger charge is -2.22. The van der Waals surface area contributed by atoms with Crippen molar-refractivity contribution < 1.29 is 24.1 Å². The van der Waals surface area contributed by atoms with E-state index >= 15 is 0 Å². The van der Waals surface area contributed by atoms with Crippen molar-refractivity contribution in [3.63, 3.8) is 0 Å². The average Bonchev–Trinajstić information content (AvgIpc) is 3.13. The molecule has 4 aromatic carbocycles. The van der Waals surface area contributed by atoms with Crippen LogP contribution < -0.4 is 14.4 Å². The second-order valence-corrected chi connectivity index (χ2v) is 9.30. The summed E-state index contributed by atoms with van der Waals surface area (Å²) in [7, 11) is 1.68. The Morgan fingerprint density at radius 1 is 0.846 bits per heavy atom. The molecular formula is C33H31NO5. The van der Waals surface area contributed by atoms with Gasteiger partial charge < -0.3 is 24.2 Å². The summed E-state index contributed by atoms with van der Waals surface area (Å²) in [5.74, 6) is 0.586. The lowest BCUT2D eigenvalue weighted by molar-refractivity contribution is -0.151. The average molecular weight is 522 g/mol. The highest BCUT2D eigenvalue weighted by Gasteiger charge is 2.19. The second kappa shape index (κ2) is 12.3. The molecular weight excluding hydrogens is 490 g/mol. The monoisotopic (exact) mass is 521 g/mol. The Balaban J connectivity index is 1.19. The molecule has 0 bridgehead atoms. The third kappa shape index (κ3) is 6.48. The van der Waals surface area contributed by atoms with Gasteiger partial charge in [0.2, 0.25) is 0 Å². The first-order valence-corrected chi connectivity index (χ1v) is 12.9. The first-order valence-electron chi connectivity index (χ1n) is 12.9. The predicted molar refractivity (Wildman–Crippen MR) is 153 cm³/mol. The van der Waals surface area contributed by atoms with E-state index < -0.39 is 12.1 Å². The Bertz CT molecular complexity index is 1430. The molecule has 4 aromatic rings. The number of nitrogens with zero attached hydrogens (tertiary/aromatic N) is 1. The fourth-order valence-electron chi connectivity index (χ4n) is 4.62. The van der Waals surface area contributed by atoms with Crippen molar-refractivity contribution in [2.75, 3.05) is 25.2 Å². The summed E-state index contributed by atoms with van der Waals surface area (Å²) in [6.07, 6.45) is 3.56. The zero-order valence-corrected chi connectivity index (χ0v) is 21.8. The van der Waals surface area contributed by atoms with E-state index in [1.54, 1.807) is 7.11 Å². The van der Waals surface area contributed by atoms with Gasteiger partial charge in [-0.3, -0.25) is 0 Å². The number of hydrogen-bond donors (Lipinski definition) is 1. The van der Waals surface area contributed by atoms with Crippen molar-refractivity contribution in [2.45, 2.75) is 19.1 Å². The zero-order valence-electron chi connectivity index (χ0n) is 21.8. The summed E-state index contributed by atoms with van der Waals surface area (Å²) in [6, 6.07) is 31.5. The van der Waals surface area contributed by atoms with Crippen LogP contribution in [0.15, 0.2) is 103 Å². The van der Waals surface area contributed by atoms with Gasteiger partial charge in [0.05, 0.1) is 20.3 Å². The van der Waals surface area contributed by atoms with Crippen LogP contribution in [-0.2, 0) is 22.6 Å². The highest BCUT2D eigenvalue weighted by atomic mass is 16.5. The Morgan fingerprint density at radius 2 is 1.59 bits per heavy atom. The molecule has 0 spiro atoms. The number of benzene rings is 4. The van der Waals surface area contributed by atoms with Gasteiger partial charge in [-0.2, -0.15) is 0 Å². The number of ether oxygens (including phenoxy) is 3. The van der Waals surface area contributed by atoms with Crippen LogP contribution in [0.25, 0.3) is 17.2 Å². The minimum Gasteiger partial charge on any atom is -0.497 e. The first-order chi connectivity index (χ1) is 19.1. The van der Waals surface area contributed by atoms with Gasteiger partial charge in [0.25, 0.3) is 0 Å². The number of methoxy groups -OCH3 is 1. The molecule has 1 aliphatic heterocycles. The molecule has 6 heteroatoms. The van der Waals surface area contributed by atoms with Crippen LogP contribution in [0.1, 0.15) is 16.7 Å². The maximum Gasteiger partial charge on any atom is 0.333 e. The fraction of sp³-hybridized carbons (Fsp3) is 0.182. The van der Waals surface area contributed by atoms with E-state index in [-0.39, 0.29) is 13.0 Å². The smallest absolute Gasteiger partial charge is 0.333 e. The van der Waals surface area contributed by atoms with E-state index in [0.717, 1.165) is 45.0 Å².